The molecule has 2 heterocycles. The maximum Gasteiger partial charge on any atom is 0.410 e. The van der Waals surface area contributed by atoms with E-state index in [-0.39, 0.29) is 24.5 Å². The van der Waals surface area contributed by atoms with Crippen molar-refractivity contribution < 1.29 is 32.6 Å². The highest BCUT2D eigenvalue weighted by Gasteiger charge is 2.50. The van der Waals surface area contributed by atoms with Gasteiger partial charge in [0.2, 0.25) is 0 Å². The van der Waals surface area contributed by atoms with E-state index in [4.69, 9.17) is 9.47 Å². The molecule has 11 heteroatoms. The van der Waals surface area contributed by atoms with Crippen LogP contribution in [0.25, 0.3) is 10.8 Å². The molecule has 2 aliphatic heterocycles. The third-order valence-electron chi connectivity index (χ3n) is 9.97. The predicted molar refractivity (Wildman–Crippen MR) is 208 cm³/mol. The van der Waals surface area contributed by atoms with E-state index in [0.29, 0.717) is 35.8 Å². The Morgan fingerprint density at radius 1 is 1.02 bits per heavy atom. The lowest BCUT2D eigenvalue weighted by Crippen LogP contribution is -2.38. The Balaban J connectivity index is 1.20. The third-order valence-corrected chi connectivity index (χ3v) is 9.97. The van der Waals surface area contributed by atoms with Gasteiger partial charge < -0.3 is 25.0 Å². The number of rotatable bonds is 11. The number of benzene rings is 3. The highest BCUT2D eigenvalue weighted by molar-refractivity contribution is 5.97. The van der Waals surface area contributed by atoms with E-state index < -0.39 is 30.2 Å². The van der Waals surface area contributed by atoms with Crippen LogP contribution in [0.5, 0.6) is 0 Å². The monoisotopic (exact) mass is 744 g/mol. The van der Waals surface area contributed by atoms with Crippen LogP contribution in [-0.2, 0) is 14.3 Å². The first-order valence-electron chi connectivity index (χ1n) is 19.1. The van der Waals surface area contributed by atoms with Crippen LogP contribution in [0, 0.1) is 24.7 Å². The van der Waals surface area contributed by atoms with Crippen LogP contribution in [-0.4, -0.2) is 84.7 Å². The zero-order chi connectivity index (χ0) is 39.0. The Bertz CT molecular complexity index is 1870. The molecule has 0 aliphatic carbocycles. The fraction of sp³-hybridized carbons (Fsp3) is 0.512. The highest BCUT2D eigenvalue weighted by Crippen LogP contribution is 2.32. The van der Waals surface area contributed by atoms with Gasteiger partial charge in [0.1, 0.15) is 11.6 Å². The van der Waals surface area contributed by atoms with E-state index in [1.54, 1.807) is 45.9 Å². The summed E-state index contributed by atoms with van der Waals surface area (Å²) in [5, 5.41) is 7.99. The van der Waals surface area contributed by atoms with Crippen molar-refractivity contribution in [3.8, 4) is 11.8 Å². The van der Waals surface area contributed by atoms with Gasteiger partial charge in [0, 0.05) is 29.2 Å². The van der Waals surface area contributed by atoms with Gasteiger partial charge in [-0.15, -0.1) is 0 Å². The molecule has 0 spiro atoms. The second-order valence-corrected chi connectivity index (χ2v) is 15.4. The number of fused-ring (bicyclic) bond motifs is 1. The molecule has 0 unspecified atom stereocenters. The number of hydrogen-bond donors (Lipinski definition) is 2. The van der Waals surface area contributed by atoms with E-state index in [9.17, 15) is 14.4 Å². The number of nitrogens with one attached hydrogen (secondary N) is 2. The molecule has 3 aromatic carbocycles. The standard InChI is InChI=1S/C43H54F2N4O5/c1-7-53-39(50)14-10-11-23-48-24-21-31(22-25-48)16-17-32-18-20-34(36-13-9-8-12-35(32)36)30(3)46-40(51)37-26-33(19-15-29(37)2)47-38-27-49(28-43(38,44)45)41(52)54-42(4,5)6/h8-9,12-13,15,18-20,26,30-31,38,47H,7,10-11,14,21-25,27-28H2,1-6H3,(H,46,51)/t30-,38-/m1/s1. The molecule has 2 atom stereocenters. The van der Waals surface area contributed by atoms with Gasteiger partial charge in [0.05, 0.1) is 25.7 Å². The van der Waals surface area contributed by atoms with Crippen LogP contribution in [0.2, 0.25) is 0 Å². The van der Waals surface area contributed by atoms with Gasteiger partial charge in [-0.1, -0.05) is 48.2 Å². The van der Waals surface area contributed by atoms with E-state index in [2.05, 4.69) is 33.4 Å². The number of piperidine rings is 1. The Hall–Kier alpha value is -4.69. The number of alkyl halides is 2. The number of amides is 2. The lowest BCUT2D eigenvalue weighted by atomic mass is 9.94. The van der Waals surface area contributed by atoms with Crippen molar-refractivity contribution in [2.75, 3.05) is 44.6 Å². The molecule has 9 nitrogen and oxygen atoms in total. The van der Waals surface area contributed by atoms with Crippen molar-refractivity contribution in [2.45, 2.75) is 97.3 Å². The predicted octanol–water partition coefficient (Wildman–Crippen LogP) is 8.10. The average Bonchev–Trinajstić information content (AvgIpc) is 3.43. The van der Waals surface area contributed by atoms with Gasteiger partial charge >= 0.3 is 12.1 Å². The molecule has 2 N–H and O–H groups in total. The highest BCUT2D eigenvalue weighted by atomic mass is 19.3. The van der Waals surface area contributed by atoms with Gasteiger partial charge in [0.15, 0.2) is 0 Å². The minimum absolute atomic E-state index is 0.120. The van der Waals surface area contributed by atoms with Gasteiger partial charge in [0.25, 0.3) is 11.8 Å². The average molecular weight is 745 g/mol. The topological polar surface area (TPSA) is 100 Å². The lowest BCUT2D eigenvalue weighted by Gasteiger charge is -2.29. The third kappa shape index (κ3) is 10.7. The smallest absolute Gasteiger partial charge is 0.410 e. The summed E-state index contributed by atoms with van der Waals surface area (Å²) in [7, 11) is 0. The molecule has 0 saturated carbocycles. The number of anilines is 1. The first-order chi connectivity index (χ1) is 25.6. The summed E-state index contributed by atoms with van der Waals surface area (Å²) in [5.74, 6) is 3.65. The van der Waals surface area contributed by atoms with Crippen molar-refractivity contribution in [2.24, 2.45) is 5.92 Å². The Morgan fingerprint density at radius 3 is 2.44 bits per heavy atom. The van der Waals surface area contributed by atoms with Gasteiger partial charge in [-0.3, -0.25) is 14.5 Å². The molecule has 2 fully saturated rings. The quantitative estimate of drug-likeness (QED) is 0.116. The van der Waals surface area contributed by atoms with Crippen LogP contribution in [0.1, 0.15) is 99.8 Å². The maximum atomic E-state index is 15.0. The number of likely N-dealkylation sites (tertiary alicyclic amines) is 2. The maximum absolute atomic E-state index is 15.0. The van der Waals surface area contributed by atoms with E-state index >= 15 is 8.78 Å². The van der Waals surface area contributed by atoms with Crippen LogP contribution >= 0.6 is 0 Å². The molecule has 2 saturated heterocycles. The van der Waals surface area contributed by atoms with E-state index in [0.717, 1.165) is 72.1 Å². The van der Waals surface area contributed by atoms with Gasteiger partial charge in [-0.05, 0) is 127 Å². The molecule has 2 amide bonds. The minimum atomic E-state index is -3.19. The summed E-state index contributed by atoms with van der Waals surface area (Å²) >= 11 is 0. The summed E-state index contributed by atoms with van der Waals surface area (Å²) in [5.41, 5.74) is 2.52. The fourth-order valence-electron chi connectivity index (χ4n) is 7.04. The van der Waals surface area contributed by atoms with E-state index in [1.807, 2.05) is 44.2 Å². The molecular weight excluding hydrogens is 690 g/mol. The summed E-state index contributed by atoms with van der Waals surface area (Å²) in [6, 6.07) is 15.4. The summed E-state index contributed by atoms with van der Waals surface area (Å²) in [6.45, 7) is 13.0. The molecule has 290 valence electrons. The van der Waals surface area contributed by atoms with Crippen molar-refractivity contribution in [1.82, 2.24) is 15.1 Å². The zero-order valence-corrected chi connectivity index (χ0v) is 32.4. The lowest BCUT2D eigenvalue weighted by molar-refractivity contribution is -0.143. The SMILES string of the molecule is CCOC(=O)CCCCN1CCC(C#Cc2ccc([C@@H](C)NC(=O)c3cc(N[C@@H]4CN(C(=O)OC(C)(C)C)CC4(F)F)ccc3C)c3ccccc23)CC1. The molecule has 5 rings (SSSR count). The number of carbonyl (C=O) groups excluding carboxylic acids is 3. The molecule has 0 radical (unpaired) electrons. The Morgan fingerprint density at radius 2 is 1.74 bits per heavy atom. The molecular formula is C43H54F2N4O5. The second kappa shape index (κ2) is 17.6. The zero-order valence-electron chi connectivity index (χ0n) is 32.4. The van der Waals surface area contributed by atoms with Crippen LogP contribution < -0.4 is 10.6 Å². The molecule has 54 heavy (non-hydrogen) atoms. The van der Waals surface area contributed by atoms with Crippen LogP contribution in [0.4, 0.5) is 19.3 Å². The summed E-state index contributed by atoms with van der Waals surface area (Å²) in [4.78, 5) is 41.2. The van der Waals surface area contributed by atoms with Crippen molar-refractivity contribution in [3.05, 3.63) is 76.9 Å². The number of carbonyl (C=O) groups is 3. The van der Waals surface area contributed by atoms with Crippen molar-refractivity contribution in [3.63, 3.8) is 0 Å². The van der Waals surface area contributed by atoms with Crippen LogP contribution in [0.3, 0.4) is 0 Å². The fourth-order valence-corrected chi connectivity index (χ4v) is 7.04. The van der Waals surface area contributed by atoms with Crippen LogP contribution in [0.15, 0.2) is 54.6 Å². The largest absolute Gasteiger partial charge is 0.466 e. The Labute approximate surface area is 318 Å². The molecule has 0 bridgehead atoms. The first kappa shape index (κ1) is 40.5. The molecule has 0 aromatic heterocycles. The number of aryl methyl sites for hydroxylation is 1. The van der Waals surface area contributed by atoms with Crippen molar-refractivity contribution in [1.29, 1.82) is 0 Å². The number of hydrogen-bond acceptors (Lipinski definition) is 7. The normalized spacial score (nSPS) is 18.1. The number of nitrogens with zero attached hydrogens (tertiary/aromatic N) is 2. The summed E-state index contributed by atoms with van der Waals surface area (Å²) < 4.78 is 40.4. The summed E-state index contributed by atoms with van der Waals surface area (Å²) in [6.07, 6.45) is 3.53. The number of esters is 1. The number of halogens is 2. The van der Waals surface area contributed by atoms with Crippen molar-refractivity contribution >= 4 is 34.4 Å². The minimum Gasteiger partial charge on any atom is -0.466 e. The second-order valence-electron chi connectivity index (χ2n) is 15.4. The molecule has 3 aromatic rings. The van der Waals surface area contributed by atoms with E-state index in [1.165, 1.54) is 0 Å². The Kier molecular flexibility index (Phi) is 13.2. The first-order valence-corrected chi connectivity index (χ1v) is 19.1. The van der Waals surface area contributed by atoms with Gasteiger partial charge in [-0.25, -0.2) is 13.6 Å². The molecule has 2 aliphatic rings. The van der Waals surface area contributed by atoms with Gasteiger partial charge in [-0.2, -0.15) is 0 Å². The number of unbranched alkanes of at least 4 members (excludes halogenated alkanes) is 1. The number of ether oxygens (including phenoxy) is 2.